The Bertz CT molecular complexity index is 932. The molecular formula is C18H14N2O4S. The van der Waals surface area contributed by atoms with Crippen LogP contribution < -0.4 is 0 Å². The molecule has 7 heteroatoms. The van der Waals surface area contributed by atoms with Crippen LogP contribution in [0.15, 0.2) is 52.7 Å². The van der Waals surface area contributed by atoms with Gasteiger partial charge >= 0.3 is 5.97 Å². The summed E-state index contributed by atoms with van der Waals surface area (Å²) in [6.07, 6.45) is 3.40. The minimum absolute atomic E-state index is 0.256. The second kappa shape index (κ2) is 6.18. The Balaban J connectivity index is 1.65. The molecule has 1 amide bonds. The van der Waals surface area contributed by atoms with Gasteiger partial charge in [0.2, 0.25) is 0 Å². The molecule has 0 saturated heterocycles. The fourth-order valence-corrected chi connectivity index (χ4v) is 3.77. The third-order valence-corrected chi connectivity index (χ3v) is 5.18. The molecule has 0 fully saturated rings. The molecule has 2 aromatic heterocycles. The molecule has 1 aromatic carbocycles. The van der Waals surface area contributed by atoms with Crippen molar-refractivity contribution in [3.63, 3.8) is 0 Å². The lowest BCUT2D eigenvalue weighted by Gasteiger charge is -2.34. The molecule has 1 unspecified atom stereocenters. The van der Waals surface area contributed by atoms with Gasteiger partial charge in [0, 0.05) is 23.9 Å². The number of nitrogens with zero attached hydrogens (tertiary/aromatic N) is 2. The molecule has 0 spiro atoms. The normalized spacial score (nSPS) is 16.5. The maximum Gasteiger partial charge on any atom is 0.326 e. The average molecular weight is 354 g/mol. The number of aromatic nitrogens is 1. The SMILES string of the molecule is O=C(O)C1Cc2ccccc2CN1C(=O)c1csc(-c2ccoc2)n1. The average Bonchev–Trinajstić information content (AvgIpc) is 3.31. The van der Waals surface area contributed by atoms with Gasteiger partial charge < -0.3 is 14.4 Å². The Morgan fingerprint density at radius 2 is 2.04 bits per heavy atom. The number of carbonyl (C=O) groups is 2. The zero-order valence-corrected chi connectivity index (χ0v) is 13.9. The van der Waals surface area contributed by atoms with Gasteiger partial charge in [-0.25, -0.2) is 9.78 Å². The Labute approximate surface area is 147 Å². The van der Waals surface area contributed by atoms with E-state index in [2.05, 4.69) is 4.98 Å². The van der Waals surface area contributed by atoms with E-state index in [1.54, 1.807) is 24.0 Å². The number of benzene rings is 1. The second-order valence-electron chi connectivity index (χ2n) is 5.81. The standard InChI is InChI=1S/C18H14N2O4S/c21-17(14-10-25-16(19-14)13-5-6-24-9-13)20-8-12-4-2-1-3-11(12)7-15(20)18(22)23/h1-6,9-10,15H,7-8H2,(H,22,23). The number of hydrogen-bond acceptors (Lipinski definition) is 5. The second-order valence-corrected chi connectivity index (χ2v) is 6.67. The molecule has 4 rings (SSSR count). The highest BCUT2D eigenvalue weighted by Gasteiger charge is 2.35. The van der Waals surface area contributed by atoms with Crippen molar-refractivity contribution in [1.29, 1.82) is 0 Å². The van der Waals surface area contributed by atoms with E-state index in [0.29, 0.717) is 11.4 Å². The van der Waals surface area contributed by atoms with Crippen molar-refractivity contribution in [2.75, 3.05) is 0 Å². The van der Waals surface area contributed by atoms with Gasteiger partial charge in [-0.1, -0.05) is 24.3 Å². The van der Waals surface area contributed by atoms with E-state index >= 15 is 0 Å². The number of aliphatic carboxylic acids is 1. The molecule has 126 valence electrons. The van der Waals surface area contributed by atoms with Crippen LogP contribution in [0.4, 0.5) is 0 Å². The molecule has 0 radical (unpaired) electrons. The zero-order valence-electron chi connectivity index (χ0n) is 13.1. The molecule has 0 aliphatic carbocycles. The Morgan fingerprint density at radius 3 is 2.76 bits per heavy atom. The van der Waals surface area contributed by atoms with Crippen molar-refractivity contribution >= 4 is 23.2 Å². The summed E-state index contributed by atoms with van der Waals surface area (Å²) in [5.41, 5.74) is 2.99. The van der Waals surface area contributed by atoms with Gasteiger partial charge in [0.1, 0.15) is 23.0 Å². The van der Waals surface area contributed by atoms with Crippen LogP contribution >= 0.6 is 11.3 Å². The highest BCUT2D eigenvalue weighted by Crippen LogP contribution is 2.28. The molecule has 0 saturated carbocycles. The quantitative estimate of drug-likeness (QED) is 0.781. The van der Waals surface area contributed by atoms with Crippen LogP contribution in [0.3, 0.4) is 0 Å². The third-order valence-electron chi connectivity index (χ3n) is 4.29. The summed E-state index contributed by atoms with van der Waals surface area (Å²) in [7, 11) is 0. The molecule has 1 N–H and O–H groups in total. The number of fused-ring (bicyclic) bond motifs is 1. The van der Waals surface area contributed by atoms with Crippen LogP contribution in [0, 0.1) is 0 Å². The number of amides is 1. The topological polar surface area (TPSA) is 83.6 Å². The van der Waals surface area contributed by atoms with Gasteiger partial charge in [-0.3, -0.25) is 4.79 Å². The van der Waals surface area contributed by atoms with E-state index in [0.717, 1.165) is 16.7 Å². The first kappa shape index (κ1) is 15.6. The summed E-state index contributed by atoms with van der Waals surface area (Å²) in [6.45, 7) is 0.268. The summed E-state index contributed by atoms with van der Waals surface area (Å²) in [6, 6.07) is 8.49. The monoisotopic (exact) mass is 354 g/mol. The van der Waals surface area contributed by atoms with Gasteiger partial charge in [-0.2, -0.15) is 0 Å². The van der Waals surface area contributed by atoms with Crippen molar-refractivity contribution in [3.8, 4) is 10.6 Å². The van der Waals surface area contributed by atoms with E-state index < -0.39 is 12.0 Å². The van der Waals surface area contributed by atoms with Crippen LogP contribution in [0.2, 0.25) is 0 Å². The van der Waals surface area contributed by atoms with Crippen molar-refractivity contribution in [3.05, 3.63) is 65.1 Å². The smallest absolute Gasteiger partial charge is 0.326 e. The predicted molar refractivity (Wildman–Crippen MR) is 91.3 cm³/mol. The lowest BCUT2D eigenvalue weighted by Crippen LogP contribution is -2.48. The molecule has 1 atom stereocenters. The Kier molecular flexibility index (Phi) is 3.85. The fraction of sp³-hybridized carbons (Fsp3) is 0.167. The summed E-state index contributed by atoms with van der Waals surface area (Å²) in [5, 5.41) is 11.9. The Hall–Kier alpha value is -2.93. The van der Waals surface area contributed by atoms with E-state index in [4.69, 9.17) is 4.42 Å². The first-order chi connectivity index (χ1) is 12.1. The summed E-state index contributed by atoms with van der Waals surface area (Å²) >= 11 is 1.33. The molecule has 1 aliphatic heterocycles. The van der Waals surface area contributed by atoms with Gasteiger partial charge in [0.15, 0.2) is 0 Å². The number of carbonyl (C=O) groups excluding carboxylic acids is 1. The number of hydrogen-bond donors (Lipinski definition) is 1. The lowest BCUT2D eigenvalue weighted by atomic mass is 9.94. The van der Waals surface area contributed by atoms with Gasteiger partial charge in [0.05, 0.1) is 6.26 Å². The van der Waals surface area contributed by atoms with Gasteiger partial charge in [0.25, 0.3) is 5.91 Å². The summed E-state index contributed by atoms with van der Waals surface area (Å²) in [4.78, 5) is 30.3. The van der Waals surface area contributed by atoms with Crippen LogP contribution in [0.1, 0.15) is 21.6 Å². The fourth-order valence-electron chi connectivity index (χ4n) is 2.99. The number of thiazole rings is 1. The number of rotatable bonds is 3. The first-order valence-electron chi connectivity index (χ1n) is 7.72. The van der Waals surface area contributed by atoms with Crippen molar-refractivity contribution in [2.45, 2.75) is 19.0 Å². The highest BCUT2D eigenvalue weighted by atomic mass is 32.1. The molecule has 1 aliphatic rings. The zero-order chi connectivity index (χ0) is 17.4. The van der Waals surface area contributed by atoms with Crippen LogP contribution in [-0.4, -0.2) is 32.9 Å². The van der Waals surface area contributed by atoms with E-state index in [9.17, 15) is 14.7 Å². The van der Waals surface area contributed by atoms with Crippen molar-refractivity contribution in [2.24, 2.45) is 0 Å². The minimum Gasteiger partial charge on any atom is -0.480 e. The van der Waals surface area contributed by atoms with Crippen LogP contribution in [0.5, 0.6) is 0 Å². The first-order valence-corrected chi connectivity index (χ1v) is 8.60. The lowest BCUT2D eigenvalue weighted by molar-refractivity contribution is -0.142. The molecule has 3 heterocycles. The number of furan rings is 1. The van der Waals surface area contributed by atoms with Crippen molar-refractivity contribution < 1.29 is 19.1 Å². The Morgan fingerprint density at radius 1 is 1.24 bits per heavy atom. The maximum absolute atomic E-state index is 12.9. The number of carboxylic acid groups (broad SMARTS) is 1. The van der Waals surface area contributed by atoms with E-state index in [-0.39, 0.29) is 18.1 Å². The van der Waals surface area contributed by atoms with E-state index in [1.165, 1.54) is 16.2 Å². The van der Waals surface area contributed by atoms with Crippen molar-refractivity contribution in [1.82, 2.24) is 9.88 Å². The summed E-state index contributed by atoms with van der Waals surface area (Å²) in [5.74, 6) is -1.37. The third kappa shape index (κ3) is 2.83. The maximum atomic E-state index is 12.9. The molecular weight excluding hydrogens is 340 g/mol. The van der Waals surface area contributed by atoms with E-state index in [1.807, 2.05) is 24.3 Å². The predicted octanol–water partition coefficient (Wildman–Crippen LogP) is 3.05. The molecule has 6 nitrogen and oxygen atoms in total. The largest absolute Gasteiger partial charge is 0.480 e. The minimum atomic E-state index is -1.01. The van der Waals surface area contributed by atoms with Gasteiger partial charge in [-0.05, 0) is 17.2 Å². The van der Waals surface area contributed by atoms with Gasteiger partial charge in [-0.15, -0.1) is 11.3 Å². The number of carboxylic acids is 1. The summed E-state index contributed by atoms with van der Waals surface area (Å²) < 4.78 is 5.04. The molecule has 3 aromatic rings. The highest BCUT2D eigenvalue weighted by molar-refractivity contribution is 7.13. The molecule has 0 bridgehead atoms. The van der Waals surface area contributed by atoms with Crippen LogP contribution in [0.25, 0.3) is 10.6 Å². The van der Waals surface area contributed by atoms with Crippen LogP contribution in [-0.2, 0) is 17.8 Å². The molecule has 25 heavy (non-hydrogen) atoms.